The van der Waals surface area contributed by atoms with Gasteiger partial charge >= 0.3 is 0 Å². The van der Waals surface area contributed by atoms with E-state index in [1.165, 1.54) is 0 Å². The van der Waals surface area contributed by atoms with Crippen molar-refractivity contribution in [3.8, 4) is 0 Å². The van der Waals surface area contributed by atoms with E-state index >= 15 is 0 Å². The van der Waals surface area contributed by atoms with Gasteiger partial charge in [-0.3, -0.25) is 0 Å². The number of hydrogen-bond donors (Lipinski definition) is 1. The Labute approximate surface area is 83.1 Å². The second-order valence-corrected chi connectivity index (χ2v) is 3.18. The van der Waals surface area contributed by atoms with E-state index in [2.05, 4.69) is 10.1 Å². The molecule has 1 aromatic heterocycles. The molecular weight excluding hydrogens is 184 g/mol. The molecule has 5 nitrogen and oxygen atoms in total. The van der Waals surface area contributed by atoms with Gasteiger partial charge in [-0.25, -0.2) is 0 Å². The minimum atomic E-state index is -0.393. The number of aliphatic hydroxyl groups is 1. The third kappa shape index (κ3) is 3.43. The lowest BCUT2D eigenvalue weighted by Gasteiger charge is -2.03. The van der Waals surface area contributed by atoms with Crippen LogP contribution in [0.1, 0.15) is 31.5 Å². The van der Waals surface area contributed by atoms with Crippen LogP contribution in [0.4, 0.5) is 0 Å². The average molecular weight is 200 g/mol. The van der Waals surface area contributed by atoms with Crippen LogP contribution >= 0.6 is 0 Å². The quantitative estimate of drug-likeness (QED) is 0.739. The molecule has 80 valence electrons. The largest absolute Gasteiger partial charge is 0.393 e. The molecule has 1 N–H and O–H groups in total. The van der Waals surface area contributed by atoms with Crippen LogP contribution in [0.2, 0.25) is 0 Å². The summed E-state index contributed by atoms with van der Waals surface area (Å²) >= 11 is 0. The van der Waals surface area contributed by atoms with Crippen LogP contribution in [-0.2, 0) is 17.8 Å². The van der Waals surface area contributed by atoms with E-state index in [0.717, 1.165) is 12.8 Å². The van der Waals surface area contributed by atoms with Crippen molar-refractivity contribution in [2.24, 2.45) is 0 Å². The van der Waals surface area contributed by atoms with Gasteiger partial charge in [0.25, 0.3) is 0 Å². The zero-order valence-electron chi connectivity index (χ0n) is 8.56. The summed E-state index contributed by atoms with van der Waals surface area (Å²) < 4.78 is 9.78. The third-order valence-corrected chi connectivity index (χ3v) is 1.82. The molecule has 1 atom stereocenters. The van der Waals surface area contributed by atoms with Crippen LogP contribution in [-0.4, -0.2) is 28.5 Å². The lowest BCUT2D eigenvalue weighted by atomic mass is 10.1. The lowest BCUT2D eigenvalue weighted by Crippen LogP contribution is -2.09. The highest BCUT2D eigenvalue weighted by Crippen LogP contribution is 2.06. The Kier molecular flexibility index (Phi) is 4.55. The van der Waals surface area contributed by atoms with Gasteiger partial charge in [-0.1, -0.05) is 18.5 Å². The number of ether oxygens (including phenoxy) is 1. The molecule has 0 spiro atoms. The molecule has 0 aromatic carbocycles. The summed E-state index contributed by atoms with van der Waals surface area (Å²) in [5.41, 5.74) is 0. The van der Waals surface area contributed by atoms with Crippen LogP contribution in [0.3, 0.4) is 0 Å². The number of methoxy groups -OCH3 is 1. The topological polar surface area (TPSA) is 68.4 Å². The highest BCUT2D eigenvalue weighted by Gasteiger charge is 2.11. The van der Waals surface area contributed by atoms with Crippen molar-refractivity contribution >= 4 is 0 Å². The van der Waals surface area contributed by atoms with Crippen LogP contribution in [0, 0.1) is 0 Å². The van der Waals surface area contributed by atoms with E-state index in [1.54, 1.807) is 7.11 Å². The van der Waals surface area contributed by atoms with E-state index in [4.69, 9.17) is 9.26 Å². The molecule has 0 radical (unpaired) electrons. The first-order valence-corrected chi connectivity index (χ1v) is 4.74. The molecule has 0 saturated carbocycles. The Hall–Kier alpha value is -0.940. The number of aliphatic hydroxyl groups excluding tert-OH is 1. The minimum Gasteiger partial charge on any atom is -0.393 e. The van der Waals surface area contributed by atoms with Crippen molar-refractivity contribution in [1.82, 2.24) is 10.1 Å². The maximum absolute atomic E-state index is 9.48. The van der Waals surface area contributed by atoms with Gasteiger partial charge in [-0.05, 0) is 6.42 Å². The molecule has 0 aliphatic rings. The predicted octanol–water partition coefficient (Wildman–Crippen LogP) is 0.919. The van der Waals surface area contributed by atoms with E-state index in [9.17, 15) is 5.11 Å². The molecule has 0 amide bonds. The molecule has 1 heterocycles. The molecule has 0 saturated heterocycles. The molecule has 1 unspecified atom stereocenters. The molecular formula is C9H16N2O3. The highest BCUT2D eigenvalue weighted by molar-refractivity contribution is 4.86. The Morgan fingerprint density at radius 3 is 3.00 bits per heavy atom. The van der Waals surface area contributed by atoms with E-state index < -0.39 is 6.10 Å². The zero-order chi connectivity index (χ0) is 10.4. The SMILES string of the molecule is CCCC(O)Cc1nc(COC)no1. The zero-order valence-corrected chi connectivity index (χ0v) is 8.56. The molecule has 1 rings (SSSR count). The fourth-order valence-corrected chi connectivity index (χ4v) is 1.20. The summed E-state index contributed by atoms with van der Waals surface area (Å²) in [5.74, 6) is 0.990. The van der Waals surface area contributed by atoms with Gasteiger partial charge in [-0.2, -0.15) is 4.98 Å². The molecule has 0 bridgehead atoms. The minimum absolute atomic E-state index is 0.341. The Balaban J connectivity index is 2.42. The molecule has 14 heavy (non-hydrogen) atoms. The highest BCUT2D eigenvalue weighted by atomic mass is 16.5. The summed E-state index contributed by atoms with van der Waals surface area (Å²) in [4.78, 5) is 4.06. The van der Waals surface area contributed by atoms with Crippen molar-refractivity contribution in [2.75, 3.05) is 7.11 Å². The number of nitrogens with zero attached hydrogens (tertiary/aromatic N) is 2. The molecule has 0 aliphatic heterocycles. The van der Waals surface area contributed by atoms with Gasteiger partial charge in [-0.15, -0.1) is 0 Å². The first-order valence-electron chi connectivity index (χ1n) is 4.74. The maximum Gasteiger partial charge on any atom is 0.229 e. The Bertz CT molecular complexity index is 262. The number of rotatable bonds is 6. The van der Waals surface area contributed by atoms with Crippen LogP contribution < -0.4 is 0 Å². The molecule has 0 aliphatic carbocycles. The van der Waals surface area contributed by atoms with E-state index in [-0.39, 0.29) is 0 Å². The molecule has 1 aromatic rings. The third-order valence-electron chi connectivity index (χ3n) is 1.82. The fraction of sp³-hybridized carbons (Fsp3) is 0.778. The van der Waals surface area contributed by atoms with Gasteiger partial charge in [0.1, 0.15) is 6.61 Å². The monoisotopic (exact) mass is 200 g/mol. The first-order chi connectivity index (χ1) is 6.76. The normalized spacial score (nSPS) is 13.1. The van der Waals surface area contributed by atoms with Crippen molar-refractivity contribution in [2.45, 2.75) is 38.9 Å². The Morgan fingerprint density at radius 1 is 1.57 bits per heavy atom. The van der Waals surface area contributed by atoms with Gasteiger partial charge in [0, 0.05) is 7.11 Å². The van der Waals surface area contributed by atoms with Crippen molar-refractivity contribution in [3.63, 3.8) is 0 Å². The summed E-state index contributed by atoms with van der Waals surface area (Å²) in [7, 11) is 1.57. The van der Waals surface area contributed by atoms with Crippen molar-refractivity contribution in [1.29, 1.82) is 0 Å². The van der Waals surface area contributed by atoms with Crippen molar-refractivity contribution < 1.29 is 14.4 Å². The summed E-state index contributed by atoms with van der Waals surface area (Å²) in [6.45, 7) is 2.36. The molecule has 5 heteroatoms. The summed E-state index contributed by atoms with van der Waals surface area (Å²) in [6, 6.07) is 0. The standard InChI is InChI=1S/C9H16N2O3/c1-3-4-7(12)5-9-10-8(6-13-2)11-14-9/h7,12H,3-6H2,1-2H3. The van der Waals surface area contributed by atoms with Gasteiger partial charge in [0.15, 0.2) is 5.82 Å². The maximum atomic E-state index is 9.48. The van der Waals surface area contributed by atoms with E-state index in [0.29, 0.717) is 24.7 Å². The van der Waals surface area contributed by atoms with Crippen LogP contribution in [0.5, 0.6) is 0 Å². The second kappa shape index (κ2) is 5.72. The van der Waals surface area contributed by atoms with Crippen LogP contribution in [0.15, 0.2) is 4.52 Å². The van der Waals surface area contributed by atoms with Gasteiger partial charge in [0.2, 0.25) is 5.89 Å². The smallest absolute Gasteiger partial charge is 0.229 e. The van der Waals surface area contributed by atoms with Gasteiger partial charge in [0.05, 0.1) is 12.5 Å². The molecule has 0 fully saturated rings. The predicted molar refractivity (Wildman–Crippen MR) is 49.6 cm³/mol. The summed E-state index contributed by atoms with van der Waals surface area (Å²) in [5, 5.41) is 13.2. The van der Waals surface area contributed by atoms with E-state index in [1.807, 2.05) is 6.92 Å². The number of aromatic nitrogens is 2. The second-order valence-electron chi connectivity index (χ2n) is 3.18. The fourth-order valence-electron chi connectivity index (χ4n) is 1.20. The first kappa shape index (κ1) is 11.1. The Morgan fingerprint density at radius 2 is 2.36 bits per heavy atom. The number of hydrogen-bond acceptors (Lipinski definition) is 5. The summed E-state index contributed by atoms with van der Waals surface area (Å²) in [6.07, 6.45) is 1.73. The van der Waals surface area contributed by atoms with Gasteiger partial charge < -0.3 is 14.4 Å². The average Bonchev–Trinajstić information content (AvgIpc) is 2.53. The van der Waals surface area contributed by atoms with Crippen LogP contribution in [0.25, 0.3) is 0 Å². The lowest BCUT2D eigenvalue weighted by molar-refractivity contribution is 0.151. The van der Waals surface area contributed by atoms with Crippen molar-refractivity contribution in [3.05, 3.63) is 11.7 Å².